The Labute approximate surface area is 140 Å². The van der Waals surface area contributed by atoms with Crippen molar-refractivity contribution in [3.05, 3.63) is 46.1 Å². The lowest BCUT2D eigenvalue weighted by Gasteiger charge is -2.34. The highest BCUT2D eigenvalue weighted by Crippen LogP contribution is 2.37. The number of rotatable bonds is 5. The number of esters is 1. The summed E-state index contributed by atoms with van der Waals surface area (Å²) in [4.78, 5) is 26.3. The molecule has 0 saturated carbocycles. The van der Waals surface area contributed by atoms with Crippen molar-refractivity contribution in [2.24, 2.45) is 0 Å². The van der Waals surface area contributed by atoms with E-state index >= 15 is 0 Å². The molecular weight excluding hydrogens is 318 g/mol. The van der Waals surface area contributed by atoms with Crippen LogP contribution in [-0.2, 0) is 19.1 Å². The number of halogens is 1. The number of carbonyl (C=O) groups is 2. The van der Waals surface area contributed by atoms with Gasteiger partial charge in [0.25, 0.3) is 0 Å². The molecule has 1 heterocycles. The maximum Gasteiger partial charge on any atom is 0.336 e. The van der Waals surface area contributed by atoms with Gasteiger partial charge in [0.05, 0.1) is 19.3 Å². The minimum Gasteiger partial charge on any atom is -0.466 e. The third-order valence-electron chi connectivity index (χ3n) is 4.02. The van der Waals surface area contributed by atoms with E-state index in [1.165, 1.54) is 7.11 Å². The van der Waals surface area contributed by atoms with Crippen molar-refractivity contribution in [3.63, 3.8) is 0 Å². The maximum absolute atomic E-state index is 12.5. The molecule has 0 spiro atoms. The molecule has 0 saturated heterocycles. The van der Waals surface area contributed by atoms with Gasteiger partial charge in [0, 0.05) is 36.7 Å². The number of hydrogen-bond donors (Lipinski definition) is 0. The van der Waals surface area contributed by atoms with Crippen LogP contribution in [0.25, 0.3) is 0 Å². The molecule has 0 N–H and O–H groups in total. The van der Waals surface area contributed by atoms with Crippen LogP contribution in [-0.4, -0.2) is 44.1 Å². The molecule has 1 amide bonds. The number of nitrogens with zero attached hydrogens (tertiary/aromatic N) is 1. The van der Waals surface area contributed by atoms with Gasteiger partial charge in [0.1, 0.15) is 0 Å². The summed E-state index contributed by atoms with van der Waals surface area (Å²) < 4.78 is 9.97. The first kappa shape index (κ1) is 17.5. The maximum atomic E-state index is 12.5. The second kappa shape index (κ2) is 7.62. The predicted molar refractivity (Wildman–Crippen MR) is 87.1 cm³/mol. The summed E-state index contributed by atoms with van der Waals surface area (Å²) in [7, 11) is 2.92. The largest absolute Gasteiger partial charge is 0.466 e. The molecule has 1 aromatic carbocycles. The number of amides is 1. The Morgan fingerprint density at radius 2 is 1.96 bits per heavy atom. The van der Waals surface area contributed by atoms with Crippen LogP contribution >= 0.6 is 11.6 Å². The Hall–Kier alpha value is -1.85. The monoisotopic (exact) mass is 337 g/mol. The number of allylic oxidation sites excluding steroid dienone is 1. The molecule has 5 nitrogen and oxygen atoms in total. The third kappa shape index (κ3) is 3.74. The normalized spacial score (nSPS) is 18.3. The van der Waals surface area contributed by atoms with Gasteiger partial charge in [0.15, 0.2) is 0 Å². The number of hydrogen-bond acceptors (Lipinski definition) is 4. The van der Waals surface area contributed by atoms with Crippen LogP contribution in [0.4, 0.5) is 0 Å². The third-order valence-corrected chi connectivity index (χ3v) is 4.27. The molecule has 1 aliphatic heterocycles. The molecular formula is C17H20ClNO4. The summed E-state index contributed by atoms with van der Waals surface area (Å²) in [6, 6.07) is 7.18. The summed E-state index contributed by atoms with van der Waals surface area (Å²) in [6.07, 6.45) is 0.215. The van der Waals surface area contributed by atoms with E-state index in [1.54, 1.807) is 31.1 Å². The quantitative estimate of drug-likeness (QED) is 0.775. The second-order valence-corrected chi connectivity index (χ2v) is 5.77. The van der Waals surface area contributed by atoms with E-state index in [0.29, 0.717) is 29.4 Å². The number of carbonyl (C=O) groups excluding carboxylic acids is 2. The van der Waals surface area contributed by atoms with Crippen LogP contribution in [0.15, 0.2) is 35.5 Å². The van der Waals surface area contributed by atoms with E-state index in [4.69, 9.17) is 21.1 Å². The Morgan fingerprint density at radius 1 is 1.30 bits per heavy atom. The van der Waals surface area contributed by atoms with Crippen molar-refractivity contribution in [1.29, 1.82) is 0 Å². The molecule has 2 rings (SSSR count). The van der Waals surface area contributed by atoms with Gasteiger partial charge in [-0.3, -0.25) is 4.79 Å². The highest BCUT2D eigenvalue weighted by atomic mass is 35.5. The Morgan fingerprint density at radius 3 is 2.52 bits per heavy atom. The fraction of sp³-hybridized carbons (Fsp3) is 0.412. The Bertz CT molecular complexity index is 624. The number of benzene rings is 1. The lowest BCUT2D eigenvalue weighted by atomic mass is 9.84. The van der Waals surface area contributed by atoms with Crippen molar-refractivity contribution in [2.75, 3.05) is 27.4 Å². The van der Waals surface area contributed by atoms with Crippen molar-refractivity contribution >= 4 is 23.5 Å². The van der Waals surface area contributed by atoms with E-state index in [0.717, 1.165) is 5.56 Å². The zero-order valence-electron chi connectivity index (χ0n) is 13.5. The molecule has 1 unspecified atom stereocenters. The van der Waals surface area contributed by atoms with Crippen molar-refractivity contribution in [3.8, 4) is 0 Å². The van der Waals surface area contributed by atoms with Crippen LogP contribution < -0.4 is 0 Å². The van der Waals surface area contributed by atoms with E-state index in [9.17, 15) is 9.59 Å². The van der Waals surface area contributed by atoms with Crippen LogP contribution in [0, 0.1) is 0 Å². The van der Waals surface area contributed by atoms with Gasteiger partial charge in [-0.2, -0.15) is 0 Å². The lowest BCUT2D eigenvalue weighted by molar-refractivity contribution is -0.138. The summed E-state index contributed by atoms with van der Waals surface area (Å²) in [5.74, 6) is -0.782. The first-order chi connectivity index (χ1) is 11.0. The van der Waals surface area contributed by atoms with Crippen LogP contribution in [0.1, 0.15) is 24.8 Å². The van der Waals surface area contributed by atoms with Gasteiger partial charge >= 0.3 is 5.97 Å². The van der Waals surface area contributed by atoms with Gasteiger partial charge in [0.2, 0.25) is 5.91 Å². The molecule has 6 heteroatoms. The first-order valence-corrected chi connectivity index (χ1v) is 7.71. The minimum atomic E-state index is -0.419. The standard InChI is InChI=1S/C17H20ClNO4/c1-11-16(17(21)23-3)14(12-4-6-13(18)7-5-12)10-15(20)19(11)8-9-22-2/h4-7,14H,8-10H2,1-3H3. The molecule has 124 valence electrons. The first-order valence-electron chi connectivity index (χ1n) is 7.33. The van der Waals surface area contributed by atoms with E-state index in [1.807, 2.05) is 12.1 Å². The summed E-state index contributed by atoms with van der Waals surface area (Å²) in [5, 5.41) is 0.609. The van der Waals surface area contributed by atoms with Crippen molar-refractivity contribution in [2.45, 2.75) is 19.3 Å². The smallest absolute Gasteiger partial charge is 0.336 e. The van der Waals surface area contributed by atoms with Gasteiger partial charge in [-0.05, 0) is 24.6 Å². The molecule has 0 bridgehead atoms. The average molecular weight is 338 g/mol. The Kier molecular flexibility index (Phi) is 5.80. The molecule has 0 fully saturated rings. The second-order valence-electron chi connectivity index (χ2n) is 5.34. The highest BCUT2D eigenvalue weighted by Gasteiger charge is 2.36. The fourth-order valence-corrected chi connectivity index (χ4v) is 2.95. The van der Waals surface area contributed by atoms with E-state index < -0.39 is 5.97 Å². The summed E-state index contributed by atoms with van der Waals surface area (Å²) >= 11 is 5.92. The SMILES string of the molecule is COCCN1C(=O)CC(c2ccc(Cl)cc2)C(C(=O)OC)=C1C. The zero-order chi connectivity index (χ0) is 17.0. The lowest BCUT2D eigenvalue weighted by Crippen LogP contribution is -2.40. The van der Waals surface area contributed by atoms with E-state index in [2.05, 4.69) is 0 Å². The molecule has 0 aliphatic carbocycles. The topological polar surface area (TPSA) is 55.8 Å². The molecule has 23 heavy (non-hydrogen) atoms. The number of methoxy groups -OCH3 is 2. The molecule has 1 aliphatic rings. The van der Waals surface area contributed by atoms with Gasteiger partial charge < -0.3 is 14.4 Å². The van der Waals surface area contributed by atoms with Crippen LogP contribution in [0.2, 0.25) is 5.02 Å². The Balaban J connectivity index is 2.45. The minimum absolute atomic E-state index is 0.0350. The predicted octanol–water partition coefficient (Wildman–Crippen LogP) is 2.75. The van der Waals surface area contributed by atoms with Gasteiger partial charge in [-0.1, -0.05) is 23.7 Å². The summed E-state index contributed by atoms with van der Waals surface area (Å²) in [6.45, 7) is 2.58. The zero-order valence-corrected chi connectivity index (χ0v) is 14.2. The molecule has 0 aromatic heterocycles. The molecule has 1 aromatic rings. The van der Waals surface area contributed by atoms with Gasteiger partial charge in [-0.15, -0.1) is 0 Å². The van der Waals surface area contributed by atoms with Gasteiger partial charge in [-0.25, -0.2) is 4.79 Å². The fourth-order valence-electron chi connectivity index (χ4n) is 2.83. The molecule has 1 atom stereocenters. The summed E-state index contributed by atoms with van der Waals surface area (Å²) in [5.41, 5.74) is 1.99. The number of ether oxygens (including phenoxy) is 2. The molecule has 0 radical (unpaired) electrons. The van der Waals surface area contributed by atoms with Crippen LogP contribution in [0.3, 0.4) is 0 Å². The van der Waals surface area contributed by atoms with E-state index in [-0.39, 0.29) is 18.2 Å². The highest BCUT2D eigenvalue weighted by molar-refractivity contribution is 6.30. The van der Waals surface area contributed by atoms with Crippen molar-refractivity contribution in [1.82, 2.24) is 4.90 Å². The van der Waals surface area contributed by atoms with Crippen LogP contribution in [0.5, 0.6) is 0 Å². The van der Waals surface area contributed by atoms with Crippen molar-refractivity contribution < 1.29 is 19.1 Å². The average Bonchev–Trinajstić information content (AvgIpc) is 2.54.